The van der Waals surface area contributed by atoms with Crippen LogP contribution >= 0.6 is 0 Å². The standard InChI is InChI=1S/C24H16FNO2/c25-15-11-9-14(10-12-15)21(19-13-26-20-8-4-3-5-16(19)20)22-23(27)17-6-1-2-7-18(17)24(22)28/h1-13,21-22,26H/t21-/m1/s1. The van der Waals surface area contributed by atoms with Crippen molar-refractivity contribution in [1.29, 1.82) is 0 Å². The molecule has 3 aromatic carbocycles. The van der Waals surface area contributed by atoms with Crippen LogP contribution in [0, 0.1) is 11.7 Å². The summed E-state index contributed by atoms with van der Waals surface area (Å²) in [6.07, 6.45) is 1.85. The number of hydrogen-bond donors (Lipinski definition) is 1. The minimum atomic E-state index is -0.859. The van der Waals surface area contributed by atoms with Crippen LogP contribution in [-0.4, -0.2) is 16.6 Å². The highest BCUT2D eigenvalue weighted by Gasteiger charge is 2.44. The highest BCUT2D eigenvalue weighted by Crippen LogP contribution is 2.42. The fourth-order valence-corrected chi connectivity index (χ4v) is 4.24. The summed E-state index contributed by atoms with van der Waals surface area (Å²) >= 11 is 0. The van der Waals surface area contributed by atoms with Crippen molar-refractivity contribution in [3.63, 3.8) is 0 Å². The lowest BCUT2D eigenvalue weighted by Gasteiger charge is -2.22. The molecule has 0 radical (unpaired) electrons. The van der Waals surface area contributed by atoms with E-state index in [0.29, 0.717) is 11.1 Å². The number of hydrogen-bond acceptors (Lipinski definition) is 2. The second-order valence-corrected chi connectivity index (χ2v) is 7.07. The summed E-state index contributed by atoms with van der Waals surface area (Å²) in [5, 5.41) is 0.952. The molecule has 1 atom stereocenters. The van der Waals surface area contributed by atoms with Crippen LogP contribution in [0.3, 0.4) is 0 Å². The van der Waals surface area contributed by atoms with Gasteiger partial charge in [-0.25, -0.2) is 4.39 Å². The number of carbonyl (C=O) groups is 2. The minimum Gasteiger partial charge on any atom is -0.361 e. The average Bonchev–Trinajstić information content (AvgIpc) is 3.25. The van der Waals surface area contributed by atoms with Gasteiger partial charge in [-0.05, 0) is 29.3 Å². The molecule has 0 saturated carbocycles. The normalized spacial score (nSPS) is 15.2. The molecule has 0 fully saturated rings. The Morgan fingerprint density at radius 2 is 1.39 bits per heavy atom. The Labute approximate surface area is 160 Å². The first-order valence-corrected chi connectivity index (χ1v) is 9.14. The highest BCUT2D eigenvalue weighted by molar-refractivity contribution is 6.27. The predicted octanol–water partition coefficient (Wildman–Crippen LogP) is 5.13. The maximum absolute atomic E-state index is 13.6. The van der Waals surface area contributed by atoms with Gasteiger partial charge in [-0.15, -0.1) is 0 Å². The van der Waals surface area contributed by atoms with E-state index in [4.69, 9.17) is 0 Å². The maximum atomic E-state index is 13.6. The maximum Gasteiger partial charge on any atom is 0.175 e. The zero-order chi connectivity index (χ0) is 19.3. The van der Waals surface area contributed by atoms with Crippen molar-refractivity contribution in [1.82, 2.24) is 4.98 Å². The first-order valence-electron chi connectivity index (χ1n) is 9.14. The van der Waals surface area contributed by atoms with Gasteiger partial charge in [-0.3, -0.25) is 9.59 Å². The quantitative estimate of drug-likeness (QED) is 0.509. The monoisotopic (exact) mass is 369 g/mol. The highest BCUT2D eigenvalue weighted by atomic mass is 19.1. The van der Waals surface area contributed by atoms with E-state index in [0.717, 1.165) is 22.0 Å². The van der Waals surface area contributed by atoms with Crippen LogP contribution < -0.4 is 0 Å². The summed E-state index contributed by atoms with van der Waals surface area (Å²) in [5.41, 5.74) is 3.46. The van der Waals surface area contributed by atoms with Crippen LogP contribution in [0.2, 0.25) is 0 Å². The fraction of sp³-hybridized carbons (Fsp3) is 0.0833. The number of halogens is 1. The summed E-state index contributed by atoms with van der Waals surface area (Å²) in [5.74, 6) is -2.07. The third-order valence-corrected chi connectivity index (χ3v) is 5.54. The molecule has 1 aliphatic rings. The molecule has 0 unspecified atom stereocenters. The van der Waals surface area contributed by atoms with Crippen molar-refractivity contribution < 1.29 is 14.0 Å². The summed E-state index contributed by atoms with van der Waals surface area (Å²) < 4.78 is 13.6. The number of fused-ring (bicyclic) bond motifs is 2. The largest absolute Gasteiger partial charge is 0.361 e. The van der Waals surface area contributed by atoms with Gasteiger partial charge < -0.3 is 4.98 Å². The van der Waals surface area contributed by atoms with Gasteiger partial charge in [0.2, 0.25) is 0 Å². The molecule has 0 amide bonds. The third-order valence-electron chi connectivity index (χ3n) is 5.54. The van der Waals surface area contributed by atoms with Gasteiger partial charge >= 0.3 is 0 Å². The number of aromatic amines is 1. The fourth-order valence-electron chi connectivity index (χ4n) is 4.24. The SMILES string of the molecule is O=C1c2ccccc2C(=O)C1[C@H](c1ccc(F)cc1)c1c[nH]c2ccccc12. The van der Waals surface area contributed by atoms with Crippen molar-refractivity contribution >= 4 is 22.5 Å². The molecule has 0 saturated heterocycles. The molecule has 1 heterocycles. The lowest BCUT2D eigenvalue weighted by molar-refractivity contribution is 0.0825. The molecule has 0 aliphatic heterocycles. The van der Waals surface area contributed by atoms with Crippen LogP contribution in [0.1, 0.15) is 37.8 Å². The van der Waals surface area contributed by atoms with E-state index in [-0.39, 0.29) is 17.4 Å². The van der Waals surface area contributed by atoms with Gasteiger partial charge in [-0.2, -0.15) is 0 Å². The lowest BCUT2D eigenvalue weighted by Crippen LogP contribution is -2.24. The Morgan fingerprint density at radius 1 is 0.786 bits per heavy atom. The molecule has 136 valence electrons. The third kappa shape index (κ3) is 2.42. The molecule has 3 nitrogen and oxygen atoms in total. The number of Topliss-reactive ketones (excluding diaryl/α,β-unsaturated/α-hetero) is 2. The molecule has 4 heteroatoms. The van der Waals surface area contributed by atoms with Crippen molar-refractivity contribution in [2.75, 3.05) is 0 Å². The summed E-state index contributed by atoms with van der Waals surface area (Å²) in [7, 11) is 0. The summed E-state index contributed by atoms with van der Waals surface area (Å²) in [4.78, 5) is 29.7. The number of benzene rings is 3. The topological polar surface area (TPSA) is 49.9 Å². The number of nitrogens with one attached hydrogen (secondary N) is 1. The zero-order valence-electron chi connectivity index (χ0n) is 14.9. The van der Waals surface area contributed by atoms with Crippen molar-refractivity contribution in [3.05, 3.63) is 107 Å². The number of H-pyrrole nitrogens is 1. The van der Waals surface area contributed by atoms with E-state index in [1.807, 2.05) is 30.5 Å². The molecular formula is C24H16FNO2. The van der Waals surface area contributed by atoms with E-state index >= 15 is 0 Å². The Hall–Kier alpha value is -3.53. The van der Waals surface area contributed by atoms with E-state index in [9.17, 15) is 14.0 Å². The Bertz CT molecular complexity index is 1190. The van der Waals surface area contributed by atoms with Crippen LogP contribution in [0.4, 0.5) is 4.39 Å². The number of carbonyl (C=O) groups excluding carboxylic acids is 2. The molecule has 0 spiro atoms. The van der Waals surface area contributed by atoms with Crippen molar-refractivity contribution in [2.24, 2.45) is 5.92 Å². The van der Waals surface area contributed by atoms with Crippen molar-refractivity contribution in [3.8, 4) is 0 Å². The molecule has 1 aliphatic carbocycles. The Morgan fingerprint density at radius 3 is 2.07 bits per heavy atom. The lowest BCUT2D eigenvalue weighted by atomic mass is 9.78. The van der Waals surface area contributed by atoms with Gasteiger partial charge in [0.25, 0.3) is 0 Å². The number of rotatable bonds is 3. The molecule has 4 aromatic rings. The molecule has 5 rings (SSSR count). The molecule has 0 bridgehead atoms. The van der Waals surface area contributed by atoms with E-state index in [1.54, 1.807) is 36.4 Å². The molecule has 1 N–H and O–H groups in total. The summed E-state index contributed by atoms with van der Waals surface area (Å²) in [6.45, 7) is 0. The number of aromatic nitrogens is 1. The van der Waals surface area contributed by atoms with Crippen LogP contribution in [-0.2, 0) is 0 Å². The van der Waals surface area contributed by atoms with E-state index in [2.05, 4.69) is 4.98 Å². The van der Waals surface area contributed by atoms with Gasteiger partial charge in [0.05, 0.1) is 5.92 Å². The Kier molecular flexibility index (Phi) is 3.72. The first kappa shape index (κ1) is 16.6. The van der Waals surface area contributed by atoms with Gasteiger partial charge in [0, 0.05) is 34.1 Å². The van der Waals surface area contributed by atoms with Crippen LogP contribution in [0.15, 0.2) is 79.0 Å². The number of para-hydroxylation sites is 1. The van der Waals surface area contributed by atoms with Crippen LogP contribution in [0.5, 0.6) is 0 Å². The second-order valence-electron chi connectivity index (χ2n) is 7.07. The Balaban J connectivity index is 1.73. The molecular weight excluding hydrogens is 353 g/mol. The van der Waals surface area contributed by atoms with E-state index in [1.165, 1.54) is 12.1 Å². The first-order chi connectivity index (χ1) is 13.6. The van der Waals surface area contributed by atoms with Crippen molar-refractivity contribution in [2.45, 2.75) is 5.92 Å². The minimum absolute atomic E-state index is 0.180. The van der Waals surface area contributed by atoms with Gasteiger partial charge in [-0.1, -0.05) is 54.6 Å². The zero-order valence-corrected chi connectivity index (χ0v) is 14.9. The number of ketones is 2. The molecule has 1 aromatic heterocycles. The smallest absolute Gasteiger partial charge is 0.175 e. The summed E-state index contributed by atoms with van der Waals surface area (Å²) in [6, 6.07) is 20.8. The van der Waals surface area contributed by atoms with Gasteiger partial charge in [0.1, 0.15) is 5.82 Å². The molecule has 28 heavy (non-hydrogen) atoms. The van der Waals surface area contributed by atoms with E-state index < -0.39 is 11.8 Å². The predicted molar refractivity (Wildman–Crippen MR) is 105 cm³/mol. The second kappa shape index (κ2) is 6.27. The average molecular weight is 369 g/mol. The van der Waals surface area contributed by atoms with Gasteiger partial charge in [0.15, 0.2) is 11.6 Å². The van der Waals surface area contributed by atoms with Crippen LogP contribution in [0.25, 0.3) is 10.9 Å².